The van der Waals surface area contributed by atoms with Gasteiger partial charge < -0.3 is 15.7 Å². The molecule has 0 saturated carbocycles. The number of carbonyl (C=O) groups excluding carboxylic acids is 1. The molecule has 4 nitrogen and oxygen atoms in total. The second-order valence-electron chi connectivity index (χ2n) is 2.87. The summed E-state index contributed by atoms with van der Waals surface area (Å²) in [6, 6.07) is 8.68. The van der Waals surface area contributed by atoms with Gasteiger partial charge in [0, 0.05) is 7.05 Å². The van der Waals surface area contributed by atoms with Crippen LogP contribution in [0.1, 0.15) is 11.6 Å². The number of urea groups is 1. The molecule has 0 heterocycles. The van der Waals surface area contributed by atoms with E-state index in [0.717, 1.165) is 5.56 Å². The smallest absolute Gasteiger partial charge is 0.315 e. The molecule has 0 radical (unpaired) electrons. The number of amides is 2. The fourth-order valence-electron chi connectivity index (χ4n) is 1.15. The maximum atomic E-state index is 11.0. The lowest BCUT2D eigenvalue weighted by Gasteiger charge is -2.15. The highest BCUT2D eigenvalue weighted by atomic mass is 16.3. The Morgan fingerprint density at radius 3 is 2.57 bits per heavy atom. The van der Waals surface area contributed by atoms with Crippen LogP contribution in [0.4, 0.5) is 4.79 Å². The lowest BCUT2D eigenvalue weighted by molar-refractivity contribution is 0.218. The summed E-state index contributed by atoms with van der Waals surface area (Å²) < 4.78 is 0. The summed E-state index contributed by atoms with van der Waals surface area (Å²) in [5.41, 5.74) is 0.888. The van der Waals surface area contributed by atoms with Gasteiger partial charge in [0.15, 0.2) is 0 Å². The van der Waals surface area contributed by atoms with Gasteiger partial charge in [0.05, 0.1) is 12.6 Å². The summed E-state index contributed by atoms with van der Waals surface area (Å²) in [6.45, 7) is -0.114. The number of carbonyl (C=O) groups is 1. The van der Waals surface area contributed by atoms with Crippen molar-refractivity contribution in [1.82, 2.24) is 10.6 Å². The van der Waals surface area contributed by atoms with Crippen LogP contribution in [-0.4, -0.2) is 24.8 Å². The number of nitrogens with one attached hydrogen (secondary N) is 2. The monoisotopic (exact) mass is 194 g/mol. The van der Waals surface area contributed by atoms with Crippen LogP contribution in [0.25, 0.3) is 0 Å². The molecule has 76 valence electrons. The Labute approximate surface area is 82.9 Å². The van der Waals surface area contributed by atoms with Gasteiger partial charge in [-0.15, -0.1) is 0 Å². The molecule has 2 amide bonds. The normalized spacial score (nSPS) is 11.9. The lowest BCUT2D eigenvalue weighted by Crippen LogP contribution is -2.37. The first-order chi connectivity index (χ1) is 6.77. The maximum Gasteiger partial charge on any atom is 0.315 e. The Bertz CT molecular complexity index is 287. The van der Waals surface area contributed by atoms with Crippen LogP contribution in [0.15, 0.2) is 30.3 Å². The van der Waals surface area contributed by atoms with Crippen LogP contribution in [0.3, 0.4) is 0 Å². The largest absolute Gasteiger partial charge is 0.394 e. The molecule has 0 aliphatic heterocycles. The summed E-state index contributed by atoms with van der Waals surface area (Å²) in [5, 5.41) is 14.2. The molecule has 1 aromatic rings. The van der Waals surface area contributed by atoms with Gasteiger partial charge in [-0.05, 0) is 5.56 Å². The van der Waals surface area contributed by atoms with E-state index in [9.17, 15) is 4.79 Å². The summed E-state index contributed by atoms with van der Waals surface area (Å²) in [5.74, 6) is 0. The van der Waals surface area contributed by atoms with Gasteiger partial charge in [0.25, 0.3) is 0 Å². The molecule has 1 atom stereocenters. The van der Waals surface area contributed by atoms with Crippen molar-refractivity contribution in [2.24, 2.45) is 0 Å². The van der Waals surface area contributed by atoms with Gasteiger partial charge in [0.2, 0.25) is 0 Å². The third-order valence-electron chi connectivity index (χ3n) is 1.92. The van der Waals surface area contributed by atoms with Crippen LogP contribution >= 0.6 is 0 Å². The number of rotatable bonds is 3. The van der Waals surface area contributed by atoms with Gasteiger partial charge in [-0.3, -0.25) is 0 Å². The Morgan fingerprint density at radius 1 is 1.43 bits per heavy atom. The van der Waals surface area contributed by atoms with E-state index >= 15 is 0 Å². The molecule has 1 rings (SSSR count). The van der Waals surface area contributed by atoms with Crippen LogP contribution in [0, 0.1) is 0 Å². The van der Waals surface area contributed by atoms with E-state index in [2.05, 4.69) is 10.6 Å². The molecule has 0 aromatic heterocycles. The number of aliphatic hydroxyl groups excluding tert-OH is 1. The highest BCUT2D eigenvalue weighted by molar-refractivity contribution is 5.74. The summed E-state index contributed by atoms with van der Waals surface area (Å²) >= 11 is 0. The number of benzene rings is 1. The van der Waals surface area contributed by atoms with Crippen molar-refractivity contribution >= 4 is 6.03 Å². The second kappa shape index (κ2) is 5.24. The quantitative estimate of drug-likeness (QED) is 0.661. The minimum absolute atomic E-state index is 0.114. The molecule has 0 aliphatic carbocycles. The predicted octanol–water partition coefficient (Wildman–Crippen LogP) is 0.649. The SMILES string of the molecule is CNC(=O)N[C@@H](CO)c1ccccc1. The zero-order chi connectivity index (χ0) is 10.4. The molecule has 0 spiro atoms. The van der Waals surface area contributed by atoms with Crippen LogP contribution in [-0.2, 0) is 0 Å². The summed E-state index contributed by atoms with van der Waals surface area (Å²) in [7, 11) is 1.54. The fourth-order valence-corrected chi connectivity index (χ4v) is 1.15. The number of hydrogen-bond acceptors (Lipinski definition) is 2. The van der Waals surface area contributed by atoms with Crippen molar-refractivity contribution in [2.75, 3.05) is 13.7 Å². The summed E-state index contributed by atoms with van der Waals surface area (Å²) in [4.78, 5) is 11.0. The van der Waals surface area contributed by atoms with Gasteiger partial charge >= 0.3 is 6.03 Å². The van der Waals surface area contributed by atoms with E-state index in [1.807, 2.05) is 30.3 Å². The van der Waals surface area contributed by atoms with Gasteiger partial charge in [-0.2, -0.15) is 0 Å². The minimum Gasteiger partial charge on any atom is -0.394 e. The van der Waals surface area contributed by atoms with Crippen molar-refractivity contribution in [3.8, 4) is 0 Å². The number of aliphatic hydroxyl groups is 1. The first-order valence-electron chi connectivity index (χ1n) is 4.42. The Balaban J connectivity index is 2.68. The van der Waals surface area contributed by atoms with E-state index in [-0.39, 0.29) is 18.7 Å². The van der Waals surface area contributed by atoms with E-state index in [0.29, 0.717) is 0 Å². The first kappa shape index (κ1) is 10.5. The maximum absolute atomic E-state index is 11.0. The minimum atomic E-state index is -0.351. The second-order valence-corrected chi connectivity index (χ2v) is 2.87. The Hall–Kier alpha value is -1.55. The van der Waals surface area contributed by atoms with Crippen molar-refractivity contribution in [3.63, 3.8) is 0 Å². The van der Waals surface area contributed by atoms with E-state index in [1.165, 1.54) is 7.05 Å². The lowest BCUT2D eigenvalue weighted by atomic mass is 10.1. The van der Waals surface area contributed by atoms with Crippen LogP contribution in [0.5, 0.6) is 0 Å². The first-order valence-corrected chi connectivity index (χ1v) is 4.42. The van der Waals surface area contributed by atoms with E-state index < -0.39 is 0 Å². The zero-order valence-electron chi connectivity index (χ0n) is 8.03. The third kappa shape index (κ3) is 2.74. The Morgan fingerprint density at radius 2 is 2.07 bits per heavy atom. The number of hydrogen-bond donors (Lipinski definition) is 3. The molecule has 0 aliphatic rings. The molecule has 0 fully saturated rings. The highest BCUT2D eigenvalue weighted by Gasteiger charge is 2.11. The molecule has 3 N–H and O–H groups in total. The van der Waals surface area contributed by atoms with E-state index in [4.69, 9.17) is 5.11 Å². The molecular weight excluding hydrogens is 180 g/mol. The van der Waals surface area contributed by atoms with Gasteiger partial charge in [-0.1, -0.05) is 30.3 Å². The molecular formula is C10H14N2O2. The average molecular weight is 194 g/mol. The van der Waals surface area contributed by atoms with Crippen molar-refractivity contribution in [2.45, 2.75) is 6.04 Å². The standard InChI is InChI=1S/C10H14N2O2/c1-11-10(14)12-9(7-13)8-5-3-2-4-6-8/h2-6,9,13H,7H2,1H3,(H2,11,12,14)/t9-/m0/s1. The molecule has 1 aromatic carbocycles. The predicted molar refractivity (Wildman–Crippen MR) is 53.9 cm³/mol. The molecule has 0 bridgehead atoms. The fraction of sp³-hybridized carbons (Fsp3) is 0.300. The van der Waals surface area contributed by atoms with Gasteiger partial charge in [0.1, 0.15) is 0 Å². The van der Waals surface area contributed by atoms with Gasteiger partial charge in [-0.25, -0.2) is 4.79 Å². The van der Waals surface area contributed by atoms with Crippen molar-refractivity contribution in [1.29, 1.82) is 0 Å². The molecule has 14 heavy (non-hydrogen) atoms. The van der Waals surface area contributed by atoms with Crippen LogP contribution < -0.4 is 10.6 Å². The topological polar surface area (TPSA) is 61.4 Å². The molecule has 4 heteroatoms. The molecule has 0 saturated heterocycles. The third-order valence-corrected chi connectivity index (χ3v) is 1.92. The highest BCUT2D eigenvalue weighted by Crippen LogP contribution is 2.10. The average Bonchev–Trinajstić information content (AvgIpc) is 2.26. The van der Waals surface area contributed by atoms with Crippen molar-refractivity contribution < 1.29 is 9.90 Å². The van der Waals surface area contributed by atoms with E-state index in [1.54, 1.807) is 0 Å². The van der Waals surface area contributed by atoms with Crippen LogP contribution in [0.2, 0.25) is 0 Å². The Kier molecular flexibility index (Phi) is 3.94. The van der Waals surface area contributed by atoms with Crippen molar-refractivity contribution in [3.05, 3.63) is 35.9 Å². The summed E-state index contributed by atoms with van der Waals surface area (Å²) in [6.07, 6.45) is 0. The zero-order valence-corrected chi connectivity index (χ0v) is 8.03. The molecule has 0 unspecified atom stereocenters.